The average molecular weight is 435 g/mol. The smallest absolute Gasteiger partial charge is 0.245 e. The first-order valence-electron chi connectivity index (χ1n) is 10.5. The van der Waals surface area contributed by atoms with Gasteiger partial charge < -0.3 is 15.3 Å². The number of allylic oxidation sites excluding steroid dienone is 2. The molecule has 2 atom stereocenters. The van der Waals surface area contributed by atoms with E-state index in [1.807, 2.05) is 37.4 Å². The Morgan fingerprint density at radius 2 is 1.77 bits per heavy atom. The van der Waals surface area contributed by atoms with Gasteiger partial charge in [-0.2, -0.15) is 0 Å². The topological polar surface area (TPSA) is 52.6 Å². The van der Waals surface area contributed by atoms with Crippen molar-refractivity contribution in [2.75, 3.05) is 7.05 Å². The first-order chi connectivity index (χ1) is 14.8. The molecule has 1 aliphatic carbocycles. The van der Waals surface area contributed by atoms with Gasteiger partial charge >= 0.3 is 0 Å². The molecule has 4 nitrogen and oxygen atoms in total. The van der Waals surface area contributed by atoms with Gasteiger partial charge in [0.2, 0.25) is 5.91 Å². The van der Waals surface area contributed by atoms with Crippen molar-refractivity contribution in [1.82, 2.24) is 10.2 Å². The van der Waals surface area contributed by atoms with Crippen molar-refractivity contribution in [2.45, 2.75) is 38.3 Å². The molecule has 0 saturated carbocycles. The highest BCUT2D eigenvalue weighted by atomic mass is 35.5. The molecule has 2 N–H and O–H groups in total. The second-order valence-electron chi connectivity index (χ2n) is 8.46. The van der Waals surface area contributed by atoms with Crippen molar-refractivity contribution < 1.29 is 9.90 Å². The highest BCUT2D eigenvalue weighted by molar-refractivity contribution is 6.31. The number of amides is 1. The molecule has 5 heteroatoms. The molecule has 31 heavy (non-hydrogen) atoms. The Morgan fingerprint density at radius 3 is 2.42 bits per heavy atom. The van der Waals surface area contributed by atoms with Crippen LogP contribution in [0.4, 0.5) is 0 Å². The number of carbonyl (C=O) groups is 1. The van der Waals surface area contributed by atoms with Crippen LogP contribution in [0.3, 0.4) is 0 Å². The monoisotopic (exact) mass is 434 g/mol. The van der Waals surface area contributed by atoms with Gasteiger partial charge in [-0.1, -0.05) is 55.8 Å². The predicted octanol–water partition coefficient (Wildman–Crippen LogP) is 4.96. The van der Waals surface area contributed by atoms with E-state index in [1.54, 1.807) is 17.0 Å². The maximum atomic E-state index is 13.4. The molecule has 2 aromatic carbocycles. The summed E-state index contributed by atoms with van der Waals surface area (Å²) in [5, 5.41) is 13.9. The van der Waals surface area contributed by atoms with Crippen molar-refractivity contribution in [2.24, 2.45) is 0 Å². The van der Waals surface area contributed by atoms with E-state index >= 15 is 0 Å². The summed E-state index contributed by atoms with van der Waals surface area (Å²) < 4.78 is 0. The molecular formula is C26H27ClN2O2. The maximum absolute atomic E-state index is 13.4. The Morgan fingerprint density at radius 1 is 1.10 bits per heavy atom. The average Bonchev–Trinajstić information content (AvgIpc) is 2.85. The third-order valence-electron chi connectivity index (χ3n) is 5.96. The molecule has 0 radical (unpaired) electrons. The highest BCUT2D eigenvalue weighted by Crippen LogP contribution is 2.32. The van der Waals surface area contributed by atoms with Crippen molar-refractivity contribution in [3.05, 3.63) is 94.1 Å². The molecule has 1 amide bonds. The second kappa shape index (κ2) is 8.64. The van der Waals surface area contributed by atoms with Crippen molar-refractivity contribution >= 4 is 23.2 Å². The van der Waals surface area contributed by atoms with E-state index in [4.69, 9.17) is 11.6 Å². The van der Waals surface area contributed by atoms with Gasteiger partial charge in [-0.25, -0.2) is 0 Å². The summed E-state index contributed by atoms with van der Waals surface area (Å²) in [6.45, 7) is 4.34. The van der Waals surface area contributed by atoms with Crippen LogP contribution < -0.4 is 5.32 Å². The molecule has 2 unspecified atom stereocenters. The minimum absolute atomic E-state index is 0.0280. The standard InChI is InChI=1S/C26H27ClN2O2/c1-16(2)18-6-4-17(5-7-18)14-23-26(31)29(3)24-13-10-20(27)15-22(24)25(28-23)19-8-11-21(30)12-9-19/h4-13,15-16,23-24,28,30H,14H2,1-3H3. The Hall–Kier alpha value is -2.98. The summed E-state index contributed by atoms with van der Waals surface area (Å²) in [7, 11) is 1.83. The Kier molecular flexibility index (Phi) is 5.92. The summed E-state index contributed by atoms with van der Waals surface area (Å²) in [4.78, 5) is 15.2. The molecule has 1 aliphatic heterocycles. The van der Waals surface area contributed by atoms with Gasteiger partial charge in [-0.15, -0.1) is 0 Å². The highest BCUT2D eigenvalue weighted by Gasteiger charge is 2.34. The fourth-order valence-corrected chi connectivity index (χ4v) is 4.31. The predicted molar refractivity (Wildman–Crippen MR) is 126 cm³/mol. The number of carbonyl (C=O) groups excluding carboxylic acids is 1. The molecule has 0 fully saturated rings. The fourth-order valence-electron chi connectivity index (χ4n) is 4.12. The van der Waals surface area contributed by atoms with E-state index in [0.717, 1.165) is 22.4 Å². The lowest BCUT2D eigenvalue weighted by Gasteiger charge is -2.28. The molecule has 0 aromatic heterocycles. The van der Waals surface area contributed by atoms with Crippen LogP contribution in [0.1, 0.15) is 36.5 Å². The molecule has 4 rings (SSSR count). The van der Waals surface area contributed by atoms with Crippen molar-refractivity contribution in [1.29, 1.82) is 0 Å². The molecule has 1 heterocycles. The number of phenolic OH excluding ortho intramolecular Hbond substituents is 1. The van der Waals surface area contributed by atoms with Gasteiger partial charge in [0.15, 0.2) is 0 Å². The third kappa shape index (κ3) is 4.40. The molecule has 2 aliphatic rings. The zero-order valence-electron chi connectivity index (χ0n) is 18.0. The van der Waals surface area contributed by atoms with Gasteiger partial charge in [0.1, 0.15) is 11.8 Å². The summed E-state index contributed by atoms with van der Waals surface area (Å²) in [5.41, 5.74) is 5.08. The Bertz CT molecular complexity index is 1070. The number of hydrogen-bond donors (Lipinski definition) is 2. The zero-order valence-corrected chi connectivity index (χ0v) is 18.7. The van der Waals surface area contributed by atoms with E-state index < -0.39 is 6.04 Å². The number of hydrogen-bond acceptors (Lipinski definition) is 3. The first kappa shape index (κ1) is 21.3. The van der Waals surface area contributed by atoms with Crippen molar-refractivity contribution in [3.8, 4) is 5.75 Å². The van der Waals surface area contributed by atoms with Gasteiger partial charge in [0.25, 0.3) is 0 Å². The van der Waals surface area contributed by atoms with Gasteiger partial charge in [-0.05, 0) is 59.0 Å². The summed E-state index contributed by atoms with van der Waals surface area (Å²) in [6, 6.07) is 14.9. The number of fused-ring (bicyclic) bond motifs is 1. The van der Waals surface area contributed by atoms with Crippen LogP contribution in [0.2, 0.25) is 0 Å². The largest absolute Gasteiger partial charge is 0.508 e. The number of likely N-dealkylation sites (N-methyl/N-ethyl adjacent to an activating group) is 1. The Balaban J connectivity index is 1.73. The van der Waals surface area contributed by atoms with Gasteiger partial charge in [0, 0.05) is 29.8 Å². The molecule has 0 saturated heterocycles. The van der Waals surface area contributed by atoms with Crippen LogP contribution >= 0.6 is 11.6 Å². The fraction of sp³-hybridized carbons (Fsp3) is 0.269. The van der Waals surface area contributed by atoms with Gasteiger partial charge in [0.05, 0.1) is 6.04 Å². The molecule has 2 aromatic rings. The van der Waals surface area contributed by atoms with Crippen LogP contribution in [-0.2, 0) is 11.2 Å². The van der Waals surface area contributed by atoms with Crippen LogP contribution in [0.25, 0.3) is 5.70 Å². The first-order valence-corrected chi connectivity index (χ1v) is 10.9. The van der Waals surface area contributed by atoms with Crippen LogP contribution in [-0.4, -0.2) is 35.0 Å². The molecular weight excluding hydrogens is 408 g/mol. The molecule has 160 valence electrons. The van der Waals surface area contributed by atoms with Crippen molar-refractivity contribution in [3.63, 3.8) is 0 Å². The number of halogens is 1. The SMILES string of the molecule is CC(C)c1ccc(CC2NC(c3ccc(O)cc3)=C3C=C(Cl)C=CC3N(C)C2=O)cc1. The molecule has 0 spiro atoms. The van der Waals surface area contributed by atoms with E-state index in [9.17, 15) is 9.90 Å². The number of rotatable bonds is 4. The quantitative estimate of drug-likeness (QED) is 0.715. The van der Waals surface area contributed by atoms with Gasteiger partial charge in [-0.3, -0.25) is 4.79 Å². The normalized spacial score (nSPS) is 21.0. The Labute approximate surface area is 188 Å². The third-order valence-corrected chi connectivity index (χ3v) is 6.20. The zero-order chi connectivity index (χ0) is 22.1. The number of benzene rings is 2. The lowest BCUT2D eigenvalue weighted by atomic mass is 9.95. The van der Waals surface area contributed by atoms with E-state index in [0.29, 0.717) is 17.4 Å². The van der Waals surface area contributed by atoms with Crippen LogP contribution in [0.15, 0.2) is 77.4 Å². The maximum Gasteiger partial charge on any atom is 0.245 e. The number of nitrogens with zero attached hydrogens (tertiary/aromatic N) is 1. The summed E-state index contributed by atoms with van der Waals surface area (Å²) in [6.07, 6.45) is 6.27. The molecule has 0 bridgehead atoms. The van der Waals surface area contributed by atoms with Crippen LogP contribution in [0, 0.1) is 0 Å². The van der Waals surface area contributed by atoms with E-state index in [-0.39, 0.29) is 17.7 Å². The minimum Gasteiger partial charge on any atom is -0.508 e. The minimum atomic E-state index is -0.419. The van der Waals surface area contributed by atoms with E-state index in [2.05, 4.69) is 43.4 Å². The number of phenols is 1. The lowest BCUT2D eigenvalue weighted by molar-refractivity contribution is -0.132. The number of aromatic hydroxyl groups is 1. The second-order valence-corrected chi connectivity index (χ2v) is 8.89. The summed E-state index contributed by atoms with van der Waals surface area (Å²) >= 11 is 6.33. The summed E-state index contributed by atoms with van der Waals surface area (Å²) in [5.74, 6) is 0.696. The van der Waals surface area contributed by atoms with Crippen LogP contribution in [0.5, 0.6) is 5.75 Å². The van der Waals surface area contributed by atoms with E-state index in [1.165, 1.54) is 5.56 Å². The lowest BCUT2D eigenvalue weighted by Crippen LogP contribution is -2.46. The number of nitrogens with one attached hydrogen (secondary N) is 1.